The summed E-state index contributed by atoms with van der Waals surface area (Å²) in [6.07, 6.45) is 2.65. The lowest BCUT2D eigenvalue weighted by Gasteiger charge is -2.10. The largest absolute Gasteiger partial charge is 0.352 e. The Kier molecular flexibility index (Phi) is 6.23. The summed E-state index contributed by atoms with van der Waals surface area (Å²) in [7, 11) is 0. The lowest BCUT2D eigenvalue weighted by molar-refractivity contribution is 0.0952. The highest BCUT2D eigenvalue weighted by molar-refractivity contribution is 5.95. The number of hydrogen-bond donors (Lipinski definition) is 1. The molecule has 1 heterocycles. The van der Waals surface area contributed by atoms with Crippen LogP contribution in [-0.4, -0.2) is 22.0 Å². The van der Waals surface area contributed by atoms with Gasteiger partial charge in [0.2, 0.25) is 0 Å². The van der Waals surface area contributed by atoms with Gasteiger partial charge in [0, 0.05) is 25.1 Å². The quantitative estimate of drug-likeness (QED) is 0.428. The van der Waals surface area contributed by atoms with E-state index in [0.717, 1.165) is 48.3 Å². The minimum Gasteiger partial charge on any atom is -0.352 e. The molecule has 4 nitrogen and oxygen atoms in total. The minimum atomic E-state index is -0.00863. The molecule has 0 fully saturated rings. The third-order valence-corrected chi connectivity index (χ3v) is 5.45. The van der Waals surface area contributed by atoms with E-state index in [-0.39, 0.29) is 5.91 Å². The second kappa shape index (κ2) is 9.40. The van der Waals surface area contributed by atoms with Crippen LogP contribution in [0, 0.1) is 6.92 Å². The summed E-state index contributed by atoms with van der Waals surface area (Å²) >= 11 is 0. The van der Waals surface area contributed by atoms with Crippen molar-refractivity contribution in [3.05, 3.63) is 101 Å². The summed E-state index contributed by atoms with van der Waals surface area (Å²) in [5.41, 5.74) is 5.27. The van der Waals surface area contributed by atoms with Gasteiger partial charge in [0.1, 0.15) is 5.82 Å². The normalized spacial score (nSPS) is 11.0. The van der Waals surface area contributed by atoms with Crippen molar-refractivity contribution in [1.82, 2.24) is 14.9 Å². The van der Waals surface area contributed by atoms with Crippen molar-refractivity contribution in [2.75, 3.05) is 6.54 Å². The molecular formula is C26H27N3O. The maximum atomic E-state index is 12.4. The van der Waals surface area contributed by atoms with Crippen molar-refractivity contribution in [3.63, 3.8) is 0 Å². The topological polar surface area (TPSA) is 46.9 Å². The van der Waals surface area contributed by atoms with E-state index in [4.69, 9.17) is 4.98 Å². The van der Waals surface area contributed by atoms with Gasteiger partial charge in [0.25, 0.3) is 5.91 Å². The van der Waals surface area contributed by atoms with Crippen LogP contribution in [0.1, 0.15) is 33.7 Å². The smallest absolute Gasteiger partial charge is 0.251 e. The van der Waals surface area contributed by atoms with Crippen LogP contribution < -0.4 is 5.32 Å². The molecule has 0 aliphatic carbocycles. The molecule has 0 aliphatic rings. The number of carbonyl (C=O) groups is 1. The number of fused-ring (bicyclic) bond motifs is 1. The number of para-hydroxylation sites is 2. The maximum Gasteiger partial charge on any atom is 0.251 e. The molecule has 0 atom stereocenters. The van der Waals surface area contributed by atoms with Crippen molar-refractivity contribution in [3.8, 4) is 0 Å². The van der Waals surface area contributed by atoms with E-state index in [1.165, 1.54) is 11.1 Å². The first kappa shape index (κ1) is 19.9. The molecule has 0 saturated carbocycles. The van der Waals surface area contributed by atoms with Crippen LogP contribution in [0.5, 0.6) is 0 Å². The molecule has 152 valence electrons. The van der Waals surface area contributed by atoms with E-state index in [2.05, 4.69) is 52.3 Å². The van der Waals surface area contributed by atoms with Crippen LogP contribution in [0.2, 0.25) is 0 Å². The Labute approximate surface area is 177 Å². The van der Waals surface area contributed by atoms with E-state index in [9.17, 15) is 4.79 Å². The molecule has 4 aromatic rings. The van der Waals surface area contributed by atoms with Crippen LogP contribution >= 0.6 is 0 Å². The third kappa shape index (κ3) is 4.60. The van der Waals surface area contributed by atoms with E-state index >= 15 is 0 Å². The fourth-order valence-electron chi connectivity index (χ4n) is 3.82. The molecule has 1 amide bonds. The number of benzene rings is 3. The van der Waals surface area contributed by atoms with Gasteiger partial charge < -0.3 is 9.88 Å². The first-order valence-electron chi connectivity index (χ1n) is 10.5. The molecule has 0 spiro atoms. The number of hydrogen-bond acceptors (Lipinski definition) is 2. The number of aryl methyl sites for hydroxylation is 4. The van der Waals surface area contributed by atoms with Crippen LogP contribution in [0.15, 0.2) is 78.9 Å². The molecule has 1 N–H and O–H groups in total. The average molecular weight is 398 g/mol. The summed E-state index contributed by atoms with van der Waals surface area (Å²) in [6, 6.07) is 26.5. The number of amides is 1. The van der Waals surface area contributed by atoms with Crippen LogP contribution in [0.4, 0.5) is 0 Å². The molecule has 0 unspecified atom stereocenters. The second-order valence-corrected chi connectivity index (χ2v) is 7.58. The SMILES string of the molecule is Cc1ccccc1C(=O)NCCCc1nc2ccccc2n1CCc1ccccc1. The van der Waals surface area contributed by atoms with Gasteiger partial charge in [0.05, 0.1) is 11.0 Å². The Morgan fingerprint density at radius 2 is 1.63 bits per heavy atom. The van der Waals surface area contributed by atoms with Crippen LogP contribution in [0.25, 0.3) is 11.0 Å². The summed E-state index contributed by atoms with van der Waals surface area (Å²) in [4.78, 5) is 17.3. The highest BCUT2D eigenvalue weighted by atomic mass is 16.1. The van der Waals surface area contributed by atoms with Gasteiger partial charge in [-0.1, -0.05) is 60.7 Å². The second-order valence-electron chi connectivity index (χ2n) is 7.58. The number of carbonyl (C=O) groups excluding carboxylic acids is 1. The summed E-state index contributed by atoms with van der Waals surface area (Å²) in [5.74, 6) is 1.07. The first-order chi connectivity index (χ1) is 14.7. The number of rotatable bonds is 8. The lowest BCUT2D eigenvalue weighted by atomic mass is 10.1. The Balaban J connectivity index is 1.41. The highest BCUT2D eigenvalue weighted by Crippen LogP contribution is 2.18. The molecule has 0 aliphatic heterocycles. The Morgan fingerprint density at radius 3 is 2.47 bits per heavy atom. The fourth-order valence-corrected chi connectivity index (χ4v) is 3.82. The predicted molar refractivity (Wildman–Crippen MR) is 122 cm³/mol. The van der Waals surface area contributed by atoms with Crippen molar-refractivity contribution >= 4 is 16.9 Å². The Hall–Kier alpha value is -3.40. The monoisotopic (exact) mass is 397 g/mol. The zero-order chi connectivity index (χ0) is 20.8. The zero-order valence-electron chi connectivity index (χ0n) is 17.3. The summed E-state index contributed by atoms with van der Waals surface area (Å²) in [5, 5.41) is 3.05. The molecule has 0 radical (unpaired) electrons. The molecular weight excluding hydrogens is 370 g/mol. The summed E-state index contributed by atoms with van der Waals surface area (Å²) in [6.45, 7) is 3.49. The van der Waals surface area contributed by atoms with E-state index in [0.29, 0.717) is 6.54 Å². The van der Waals surface area contributed by atoms with Crippen molar-refractivity contribution in [2.45, 2.75) is 32.7 Å². The molecule has 30 heavy (non-hydrogen) atoms. The first-order valence-corrected chi connectivity index (χ1v) is 10.5. The molecule has 4 heteroatoms. The van der Waals surface area contributed by atoms with E-state index < -0.39 is 0 Å². The molecule has 3 aromatic carbocycles. The molecule has 0 saturated heterocycles. The predicted octanol–water partition coefficient (Wildman–Crippen LogP) is 4.95. The highest BCUT2D eigenvalue weighted by Gasteiger charge is 2.11. The average Bonchev–Trinajstić information content (AvgIpc) is 3.13. The number of aromatic nitrogens is 2. The Bertz CT molecular complexity index is 1130. The van der Waals surface area contributed by atoms with Gasteiger partial charge >= 0.3 is 0 Å². The van der Waals surface area contributed by atoms with Gasteiger partial charge in [-0.05, 0) is 49.1 Å². The molecule has 4 rings (SSSR count). The fraction of sp³-hybridized carbons (Fsp3) is 0.231. The van der Waals surface area contributed by atoms with Crippen molar-refractivity contribution < 1.29 is 4.79 Å². The van der Waals surface area contributed by atoms with E-state index in [1.54, 1.807) is 0 Å². The zero-order valence-corrected chi connectivity index (χ0v) is 17.3. The molecule has 0 bridgehead atoms. The van der Waals surface area contributed by atoms with Crippen LogP contribution in [-0.2, 0) is 19.4 Å². The van der Waals surface area contributed by atoms with Gasteiger partial charge in [-0.15, -0.1) is 0 Å². The van der Waals surface area contributed by atoms with Gasteiger partial charge in [-0.2, -0.15) is 0 Å². The summed E-state index contributed by atoms with van der Waals surface area (Å²) < 4.78 is 2.32. The lowest BCUT2D eigenvalue weighted by Crippen LogP contribution is -2.25. The molecule has 1 aromatic heterocycles. The maximum absolute atomic E-state index is 12.4. The Morgan fingerprint density at radius 1 is 0.900 bits per heavy atom. The number of nitrogens with zero attached hydrogens (tertiary/aromatic N) is 2. The van der Waals surface area contributed by atoms with E-state index in [1.807, 2.05) is 43.3 Å². The number of nitrogens with one attached hydrogen (secondary N) is 1. The van der Waals surface area contributed by atoms with Crippen molar-refractivity contribution in [2.24, 2.45) is 0 Å². The standard InChI is InChI=1S/C26H27N3O/c1-20-10-5-6-13-22(20)26(30)27-18-9-16-25-28-23-14-7-8-15-24(23)29(25)19-17-21-11-3-2-4-12-21/h2-8,10-15H,9,16-19H2,1H3,(H,27,30). The third-order valence-electron chi connectivity index (χ3n) is 5.45. The van der Waals surface area contributed by atoms with Gasteiger partial charge in [0.15, 0.2) is 0 Å². The van der Waals surface area contributed by atoms with Crippen LogP contribution in [0.3, 0.4) is 0 Å². The number of imidazole rings is 1. The van der Waals surface area contributed by atoms with Gasteiger partial charge in [-0.3, -0.25) is 4.79 Å². The van der Waals surface area contributed by atoms with Gasteiger partial charge in [-0.25, -0.2) is 4.98 Å². The minimum absolute atomic E-state index is 0.00863. The van der Waals surface area contributed by atoms with Crippen molar-refractivity contribution in [1.29, 1.82) is 0 Å².